The van der Waals surface area contributed by atoms with Crippen LogP contribution >= 0.6 is 0 Å². The van der Waals surface area contributed by atoms with Crippen LogP contribution in [0.25, 0.3) is 32.9 Å². The van der Waals surface area contributed by atoms with Crippen molar-refractivity contribution in [2.45, 2.75) is 76.7 Å². The van der Waals surface area contributed by atoms with Crippen LogP contribution in [0.4, 0.5) is 19.0 Å². The number of terminal acetylenes is 1. The first-order valence-electron chi connectivity index (χ1n) is 18.2. The van der Waals surface area contributed by atoms with Crippen molar-refractivity contribution in [3.05, 3.63) is 47.7 Å². The van der Waals surface area contributed by atoms with Gasteiger partial charge in [-0.1, -0.05) is 12.0 Å². The number of nitrogens with zero attached hydrogens (tertiary/aromatic N) is 6. The molecule has 3 saturated heterocycles. The van der Waals surface area contributed by atoms with Crippen LogP contribution in [-0.2, 0) is 10.2 Å². The SMILES string of the molecule is C#Cc1c(F)ccc2cc(O)cc(-c3ncc4c(N5CC6CCC(C5)N6S(=O)(=O)NC(C)C)nc(OCC5(CN6CCC(F)CC6)CC5)nc4c3F)c12. The van der Waals surface area contributed by atoms with E-state index in [1.165, 1.54) is 30.5 Å². The van der Waals surface area contributed by atoms with Gasteiger partial charge in [-0.2, -0.15) is 27.4 Å². The number of alkyl halides is 1. The predicted molar refractivity (Wildman–Crippen MR) is 196 cm³/mol. The number of hydrogen-bond acceptors (Lipinski definition) is 9. The van der Waals surface area contributed by atoms with E-state index < -0.39 is 28.0 Å². The Hall–Kier alpha value is -4.23. The molecular weight excluding hydrogens is 708 g/mol. The first-order chi connectivity index (χ1) is 25.3. The largest absolute Gasteiger partial charge is 0.508 e. The molecular formula is C38H42F3N7O4S. The van der Waals surface area contributed by atoms with E-state index in [0.29, 0.717) is 63.1 Å². The van der Waals surface area contributed by atoms with Crippen molar-refractivity contribution in [1.29, 1.82) is 0 Å². The summed E-state index contributed by atoms with van der Waals surface area (Å²) in [6, 6.07) is 4.38. The normalized spacial score (nSPS) is 22.2. The minimum atomic E-state index is -3.74. The molecule has 3 aliphatic heterocycles. The maximum atomic E-state index is 17.0. The molecule has 2 unspecified atom stereocenters. The molecule has 4 aromatic rings. The van der Waals surface area contributed by atoms with Gasteiger partial charge in [-0.05, 0) is 76.0 Å². The van der Waals surface area contributed by atoms with Crippen LogP contribution in [-0.4, -0.2) is 101 Å². The van der Waals surface area contributed by atoms with E-state index in [-0.39, 0.29) is 75.0 Å². The Morgan fingerprint density at radius 2 is 1.81 bits per heavy atom. The van der Waals surface area contributed by atoms with Crippen molar-refractivity contribution in [1.82, 2.24) is 28.9 Å². The number of piperidine rings is 1. The highest BCUT2D eigenvalue weighted by Gasteiger charge is 2.48. The Morgan fingerprint density at radius 1 is 1.09 bits per heavy atom. The molecule has 0 amide bonds. The van der Waals surface area contributed by atoms with E-state index in [4.69, 9.17) is 16.1 Å². The summed E-state index contributed by atoms with van der Waals surface area (Å²) in [5, 5.41) is 11.5. The van der Waals surface area contributed by atoms with Crippen molar-refractivity contribution in [3.8, 4) is 35.4 Å². The first kappa shape index (κ1) is 35.8. The number of nitrogens with one attached hydrogen (secondary N) is 1. The summed E-state index contributed by atoms with van der Waals surface area (Å²) < 4.78 is 83.0. The Balaban J connectivity index is 1.19. The van der Waals surface area contributed by atoms with E-state index in [9.17, 15) is 22.3 Å². The maximum Gasteiger partial charge on any atom is 0.319 e. The number of halogens is 3. The number of pyridine rings is 1. The number of hydrogen-bond donors (Lipinski definition) is 2. The molecule has 53 heavy (non-hydrogen) atoms. The molecule has 4 aliphatic rings. The van der Waals surface area contributed by atoms with Gasteiger partial charge in [-0.3, -0.25) is 4.98 Å². The number of phenols is 1. The molecule has 0 spiro atoms. The number of benzene rings is 2. The van der Waals surface area contributed by atoms with Gasteiger partial charge in [0.1, 0.15) is 34.8 Å². The fourth-order valence-corrected chi connectivity index (χ4v) is 10.2. The van der Waals surface area contributed by atoms with E-state index >= 15 is 4.39 Å². The zero-order valence-electron chi connectivity index (χ0n) is 29.7. The second-order valence-corrected chi connectivity index (χ2v) is 16.9. The number of anilines is 1. The molecule has 8 rings (SSSR count). The number of piperazine rings is 1. The van der Waals surface area contributed by atoms with Crippen LogP contribution in [0, 0.1) is 29.4 Å². The molecule has 4 fully saturated rings. The first-order valence-corrected chi connectivity index (χ1v) is 19.6. The summed E-state index contributed by atoms with van der Waals surface area (Å²) in [6.45, 7) is 6.58. The van der Waals surface area contributed by atoms with Crippen LogP contribution in [0.1, 0.15) is 57.9 Å². The zero-order valence-corrected chi connectivity index (χ0v) is 30.5. The second kappa shape index (κ2) is 13.6. The van der Waals surface area contributed by atoms with Crippen molar-refractivity contribution in [3.63, 3.8) is 0 Å². The van der Waals surface area contributed by atoms with Crippen LogP contribution in [0.15, 0.2) is 30.5 Å². The van der Waals surface area contributed by atoms with Gasteiger partial charge in [0.2, 0.25) is 0 Å². The highest BCUT2D eigenvalue weighted by atomic mass is 32.2. The van der Waals surface area contributed by atoms with Crippen molar-refractivity contribution < 1.29 is 31.4 Å². The maximum absolute atomic E-state index is 17.0. The third kappa shape index (κ3) is 6.75. The molecule has 1 saturated carbocycles. The van der Waals surface area contributed by atoms with Gasteiger partial charge in [0.15, 0.2) is 5.82 Å². The summed E-state index contributed by atoms with van der Waals surface area (Å²) in [4.78, 5) is 18.1. The molecule has 0 radical (unpaired) electrons. The van der Waals surface area contributed by atoms with E-state index in [1.54, 1.807) is 18.2 Å². The van der Waals surface area contributed by atoms with Gasteiger partial charge in [0, 0.05) is 73.4 Å². The Labute approximate surface area is 306 Å². The number of ether oxygens (including phenoxy) is 1. The zero-order chi connectivity index (χ0) is 37.2. The lowest BCUT2D eigenvalue weighted by Gasteiger charge is -2.41. The van der Waals surface area contributed by atoms with Crippen molar-refractivity contribution >= 4 is 37.7 Å². The molecule has 5 heterocycles. The fraction of sp³-hybridized carbons (Fsp3) is 0.500. The van der Waals surface area contributed by atoms with Gasteiger partial charge < -0.3 is 19.6 Å². The standard InChI is InChI=1S/C38H42F3N7O4S/c1-4-28-31(40)8-5-23-15-27(49)16-29(32(23)28)34-33(41)35-30(17-42-34)36(47-18-25-6-7-26(19-47)48(25)53(50,51)45-22(2)3)44-37(43-35)52-21-38(11-12-38)20-46-13-9-24(39)10-14-46/h1,5,8,15-17,22,24-26,45,49H,6-7,9-14,18-21H2,2-3H3. The third-order valence-corrected chi connectivity index (χ3v) is 12.9. The average molecular weight is 750 g/mol. The highest BCUT2D eigenvalue weighted by molar-refractivity contribution is 7.87. The van der Waals surface area contributed by atoms with Gasteiger partial charge in [-0.25, -0.2) is 13.2 Å². The van der Waals surface area contributed by atoms with Gasteiger partial charge >= 0.3 is 6.01 Å². The number of fused-ring (bicyclic) bond motifs is 4. The topological polar surface area (TPSA) is 124 Å². The van der Waals surface area contributed by atoms with E-state index in [0.717, 1.165) is 19.4 Å². The summed E-state index contributed by atoms with van der Waals surface area (Å²) >= 11 is 0. The number of aromatic nitrogens is 3. The smallest absolute Gasteiger partial charge is 0.319 e. The molecule has 15 heteroatoms. The van der Waals surface area contributed by atoms with Crippen LogP contribution in [0.5, 0.6) is 11.8 Å². The van der Waals surface area contributed by atoms with Crippen molar-refractivity contribution in [2.24, 2.45) is 5.41 Å². The number of phenolic OH excluding ortho intramolecular Hbond substituents is 1. The third-order valence-electron chi connectivity index (χ3n) is 11.0. The van der Waals surface area contributed by atoms with Crippen molar-refractivity contribution in [2.75, 3.05) is 44.2 Å². The minimum Gasteiger partial charge on any atom is -0.508 e. The van der Waals surface area contributed by atoms with Crippen LogP contribution in [0.2, 0.25) is 0 Å². The number of likely N-dealkylation sites (tertiary alicyclic amines) is 1. The number of rotatable bonds is 10. The lowest BCUT2D eigenvalue weighted by atomic mass is 9.96. The highest BCUT2D eigenvalue weighted by Crippen LogP contribution is 2.47. The average Bonchev–Trinajstić information content (AvgIpc) is 3.82. The molecule has 2 bridgehead atoms. The molecule has 280 valence electrons. The summed E-state index contributed by atoms with van der Waals surface area (Å²) in [6.07, 6.45) is 10.6. The Kier molecular flexibility index (Phi) is 9.16. The van der Waals surface area contributed by atoms with Crippen LogP contribution < -0.4 is 14.4 Å². The lowest BCUT2D eigenvalue weighted by Crippen LogP contribution is -2.59. The molecule has 2 aromatic heterocycles. The molecule has 11 nitrogen and oxygen atoms in total. The summed E-state index contributed by atoms with van der Waals surface area (Å²) in [5.41, 5.74) is -0.432. The number of aromatic hydroxyl groups is 1. The molecule has 2 atom stereocenters. The van der Waals surface area contributed by atoms with Crippen LogP contribution in [0.3, 0.4) is 0 Å². The van der Waals surface area contributed by atoms with E-state index in [1.807, 2.05) is 4.90 Å². The Bertz CT molecular complexity index is 2230. The fourth-order valence-electron chi connectivity index (χ4n) is 8.33. The minimum absolute atomic E-state index is 0.0442. The monoisotopic (exact) mass is 749 g/mol. The molecule has 2 N–H and O–H groups in total. The van der Waals surface area contributed by atoms with Gasteiger partial charge in [-0.15, -0.1) is 6.42 Å². The molecule has 1 aliphatic carbocycles. The molecule has 2 aromatic carbocycles. The predicted octanol–water partition coefficient (Wildman–Crippen LogP) is 5.30. The Morgan fingerprint density at radius 3 is 2.47 bits per heavy atom. The van der Waals surface area contributed by atoms with E-state index in [2.05, 4.69) is 25.5 Å². The summed E-state index contributed by atoms with van der Waals surface area (Å²) in [7, 11) is -3.74. The second-order valence-electron chi connectivity index (χ2n) is 15.3. The van der Waals surface area contributed by atoms with Gasteiger partial charge in [0.05, 0.1) is 17.6 Å². The quantitative estimate of drug-likeness (QED) is 0.208. The van der Waals surface area contributed by atoms with Gasteiger partial charge in [0.25, 0.3) is 10.2 Å². The summed E-state index contributed by atoms with van der Waals surface area (Å²) in [5.74, 6) is 1.03. The lowest BCUT2D eigenvalue weighted by molar-refractivity contribution is 0.107.